The molecule has 0 aromatic heterocycles. The number of anilines is 1. The Bertz CT molecular complexity index is 698. The minimum absolute atomic E-state index is 0.0865. The SMILES string of the molecule is CCCNC(=O)c1cccc(C(=O)Nc2cccc(CO)c2)c1. The molecule has 0 aliphatic carbocycles. The molecule has 0 atom stereocenters. The van der Waals surface area contributed by atoms with Crippen LogP contribution in [0.3, 0.4) is 0 Å². The number of hydrogen-bond donors (Lipinski definition) is 3. The first-order chi connectivity index (χ1) is 11.1. The summed E-state index contributed by atoms with van der Waals surface area (Å²) in [4.78, 5) is 24.2. The summed E-state index contributed by atoms with van der Waals surface area (Å²) in [5.74, 6) is -0.492. The summed E-state index contributed by atoms with van der Waals surface area (Å²) in [5, 5.41) is 14.7. The van der Waals surface area contributed by atoms with Crippen molar-refractivity contribution in [1.29, 1.82) is 0 Å². The van der Waals surface area contributed by atoms with Crippen molar-refractivity contribution < 1.29 is 14.7 Å². The average molecular weight is 312 g/mol. The summed E-state index contributed by atoms with van der Waals surface area (Å²) in [5.41, 5.74) is 2.18. The normalized spacial score (nSPS) is 10.2. The molecule has 3 N–H and O–H groups in total. The summed E-state index contributed by atoms with van der Waals surface area (Å²) in [6, 6.07) is 13.6. The van der Waals surface area contributed by atoms with Crippen LogP contribution < -0.4 is 10.6 Å². The van der Waals surface area contributed by atoms with Crippen LogP contribution in [0.25, 0.3) is 0 Å². The maximum absolute atomic E-state index is 12.3. The number of benzene rings is 2. The number of aliphatic hydroxyl groups is 1. The molecule has 0 radical (unpaired) electrons. The molecule has 2 amide bonds. The molecule has 0 heterocycles. The van der Waals surface area contributed by atoms with Crippen LogP contribution in [0.15, 0.2) is 48.5 Å². The lowest BCUT2D eigenvalue weighted by Gasteiger charge is -2.08. The van der Waals surface area contributed by atoms with Crippen LogP contribution in [-0.2, 0) is 6.61 Å². The quantitative estimate of drug-likeness (QED) is 0.767. The van der Waals surface area contributed by atoms with E-state index < -0.39 is 0 Å². The van der Waals surface area contributed by atoms with Gasteiger partial charge in [-0.15, -0.1) is 0 Å². The lowest BCUT2D eigenvalue weighted by atomic mass is 10.1. The van der Waals surface area contributed by atoms with E-state index in [2.05, 4.69) is 10.6 Å². The van der Waals surface area contributed by atoms with Gasteiger partial charge < -0.3 is 15.7 Å². The minimum Gasteiger partial charge on any atom is -0.392 e. The standard InChI is InChI=1S/C18H20N2O3/c1-2-9-19-17(22)14-6-4-7-15(11-14)18(23)20-16-8-3-5-13(10-16)12-21/h3-8,10-11,21H,2,9,12H2,1H3,(H,19,22)(H,20,23). The second kappa shape index (κ2) is 8.10. The number of hydrogen-bond acceptors (Lipinski definition) is 3. The molecule has 0 saturated heterocycles. The molecule has 23 heavy (non-hydrogen) atoms. The Morgan fingerprint density at radius 3 is 2.39 bits per heavy atom. The zero-order valence-electron chi connectivity index (χ0n) is 13.0. The summed E-state index contributed by atoms with van der Waals surface area (Å²) < 4.78 is 0. The zero-order chi connectivity index (χ0) is 16.7. The number of rotatable bonds is 6. The van der Waals surface area contributed by atoms with Crippen molar-refractivity contribution in [2.75, 3.05) is 11.9 Å². The average Bonchev–Trinajstić information content (AvgIpc) is 2.59. The molecular weight excluding hydrogens is 292 g/mol. The third-order valence-corrected chi connectivity index (χ3v) is 3.29. The number of nitrogens with one attached hydrogen (secondary N) is 2. The molecule has 5 heteroatoms. The number of carbonyl (C=O) groups excluding carboxylic acids is 2. The fourth-order valence-corrected chi connectivity index (χ4v) is 2.09. The molecule has 0 spiro atoms. The first kappa shape index (κ1) is 16.7. The maximum atomic E-state index is 12.3. The molecule has 0 aliphatic rings. The fourth-order valence-electron chi connectivity index (χ4n) is 2.09. The lowest BCUT2D eigenvalue weighted by molar-refractivity contribution is 0.0953. The zero-order valence-corrected chi connectivity index (χ0v) is 13.0. The van der Waals surface area contributed by atoms with Gasteiger partial charge in [-0.3, -0.25) is 9.59 Å². The van der Waals surface area contributed by atoms with Crippen LogP contribution in [-0.4, -0.2) is 23.5 Å². The highest BCUT2D eigenvalue weighted by molar-refractivity contribution is 6.06. The fraction of sp³-hybridized carbons (Fsp3) is 0.222. The van der Waals surface area contributed by atoms with E-state index in [9.17, 15) is 9.59 Å². The highest BCUT2D eigenvalue weighted by Crippen LogP contribution is 2.13. The van der Waals surface area contributed by atoms with Crippen molar-refractivity contribution in [3.63, 3.8) is 0 Å². The first-order valence-electron chi connectivity index (χ1n) is 7.53. The second-order valence-electron chi connectivity index (χ2n) is 5.15. The second-order valence-corrected chi connectivity index (χ2v) is 5.15. The van der Waals surface area contributed by atoms with Crippen molar-refractivity contribution in [2.24, 2.45) is 0 Å². The van der Waals surface area contributed by atoms with Crippen LogP contribution in [0, 0.1) is 0 Å². The third kappa shape index (κ3) is 4.66. The van der Waals surface area contributed by atoms with Gasteiger partial charge in [0.15, 0.2) is 0 Å². The minimum atomic E-state index is -0.301. The van der Waals surface area contributed by atoms with E-state index in [1.165, 1.54) is 0 Å². The van der Waals surface area contributed by atoms with Gasteiger partial charge in [-0.1, -0.05) is 25.1 Å². The molecule has 2 aromatic rings. The smallest absolute Gasteiger partial charge is 0.255 e. The van der Waals surface area contributed by atoms with Crippen molar-refractivity contribution in [2.45, 2.75) is 20.0 Å². The lowest BCUT2D eigenvalue weighted by Crippen LogP contribution is -2.24. The van der Waals surface area contributed by atoms with Gasteiger partial charge >= 0.3 is 0 Å². The van der Waals surface area contributed by atoms with Gasteiger partial charge in [0.05, 0.1) is 6.61 Å². The molecule has 2 rings (SSSR count). The Kier molecular flexibility index (Phi) is 5.88. The molecule has 2 aromatic carbocycles. The van der Waals surface area contributed by atoms with Gasteiger partial charge in [-0.25, -0.2) is 0 Å². The summed E-state index contributed by atoms with van der Waals surface area (Å²) in [6.45, 7) is 2.49. The molecule has 0 fully saturated rings. The van der Waals surface area contributed by atoms with Crippen molar-refractivity contribution in [1.82, 2.24) is 5.32 Å². The van der Waals surface area contributed by atoms with Gasteiger partial charge in [0.2, 0.25) is 0 Å². The third-order valence-electron chi connectivity index (χ3n) is 3.29. The van der Waals surface area contributed by atoms with E-state index in [4.69, 9.17) is 5.11 Å². The van der Waals surface area contributed by atoms with E-state index in [-0.39, 0.29) is 18.4 Å². The number of aliphatic hydroxyl groups excluding tert-OH is 1. The molecule has 0 saturated carbocycles. The number of amides is 2. The van der Waals surface area contributed by atoms with Gasteiger partial charge in [0.25, 0.3) is 11.8 Å². The highest BCUT2D eigenvalue weighted by Gasteiger charge is 2.10. The van der Waals surface area contributed by atoms with Crippen molar-refractivity contribution in [3.8, 4) is 0 Å². The Morgan fingerprint density at radius 1 is 1.00 bits per heavy atom. The van der Waals surface area contributed by atoms with Gasteiger partial charge in [-0.05, 0) is 42.3 Å². The van der Waals surface area contributed by atoms with Crippen LogP contribution in [0.5, 0.6) is 0 Å². The van der Waals surface area contributed by atoms with E-state index >= 15 is 0 Å². The summed E-state index contributed by atoms with van der Waals surface area (Å²) >= 11 is 0. The van der Waals surface area contributed by atoms with Crippen molar-refractivity contribution >= 4 is 17.5 Å². The van der Waals surface area contributed by atoms with Crippen molar-refractivity contribution in [3.05, 3.63) is 65.2 Å². The van der Waals surface area contributed by atoms with E-state index in [1.54, 1.807) is 48.5 Å². The molecule has 0 aliphatic heterocycles. The van der Waals surface area contributed by atoms with Crippen LogP contribution in [0.4, 0.5) is 5.69 Å². The van der Waals surface area contributed by atoms with Crippen LogP contribution in [0.1, 0.15) is 39.6 Å². The van der Waals surface area contributed by atoms with Crippen LogP contribution in [0.2, 0.25) is 0 Å². The monoisotopic (exact) mass is 312 g/mol. The number of carbonyl (C=O) groups is 2. The molecule has 5 nitrogen and oxygen atoms in total. The molecule has 0 unspecified atom stereocenters. The predicted molar refractivity (Wildman–Crippen MR) is 89.4 cm³/mol. The van der Waals surface area contributed by atoms with E-state index in [0.717, 1.165) is 12.0 Å². The van der Waals surface area contributed by atoms with Gasteiger partial charge in [-0.2, -0.15) is 0 Å². The Labute approximate surface area is 135 Å². The Hall–Kier alpha value is -2.66. The predicted octanol–water partition coefficient (Wildman–Crippen LogP) is 2.57. The molecule has 120 valence electrons. The Balaban J connectivity index is 2.11. The van der Waals surface area contributed by atoms with E-state index in [1.807, 2.05) is 6.92 Å². The topological polar surface area (TPSA) is 78.4 Å². The van der Waals surface area contributed by atoms with E-state index in [0.29, 0.717) is 23.4 Å². The molecule has 0 bridgehead atoms. The maximum Gasteiger partial charge on any atom is 0.255 e. The molecular formula is C18H20N2O3. The summed E-state index contributed by atoms with van der Waals surface area (Å²) in [6.07, 6.45) is 0.854. The highest BCUT2D eigenvalue weighted by atomic mass is 16.3. The first-order valence-corrected chi connectivity index (χ1v) is 7.53. The summed E-state index contributed by atoms with van der Waals surface area (Å²) in [7, 11) is 0. The van der Waals surface area contributed by atoms with Gasteiger partial charge in [0, 0.05) is 23.4 Å². The Morgan fingerprint density at radius 2 is 1.70 bits per heavy atom. The van der Waals surface area contributed by atoms with Gasteiger partial charge in [0.1, 0.15) is 0 Å². The van der Waals surface area contributed by atoms with Crippen LogP contribution >= 0.6 is 0 Å². The largest absolute Gasteiger partial charge is 0.392 e.